The number of primary amides is 1. The van der Waals surface area contributed by atoms with Gasteiger partial charge in [-0.2, -0.15) is 0 Å². The maximum atomic E-state index is 12.9. The summed E-state index contributed by atoms with van der Waals surface area (Å²) in [6, 6.07) is 15.1. The number of para-hydroxylation sites is 1. The number of hydrogen-bond acceptors (Lipinski definition) is 6. The Morgan fingerprint density at radius 3 is 2.57 bits per heavy atom. The molecule has 8 nitrogen and oxygen atoms in total. The second kappa shape index (κ2) is 9.46. The number of benzene rings is 2. The summed E-state index contributed by atoms with van der Waals surface area (Å²) in [5.74, 6) is 0.795. The van der Waals surface area contributed by atoms with E-state index in [1.54, 1.807) is 0 Å². The summed E-state index contributed by atoms with van der Waals surface area (Å²) in [5.41, 5.74) is 10.5. The molecule has 2 aromatic rings. The molecule has 1 saturated heterocycles. The highest BCUT2D eigenvalue weighted by Gasteiger charge is 2.47. The summed E-state index contributed by atoms with van der Waals surface area (Å²) in [6.07, 6.45) is 8.68. The van der Waals surface area contributed by atoms with E-state index < -0.39 is 11.4 Å². The smallest absolute Gasteiger partial charge is 0.248 e. The fraction of sp³-hybridized carbons (Fsp3) is 0.333. The first-order valence-corrected chi connectivity index (χ1v) is 12.1. The number of ether oxygens (including phenoxy) is 1. The van der Waals surface area contributed by atoms with Crippen molar-refractivity contribution < 1.29 is 14.3 Å². The maximum Gasteiger partial charge on any atom is 0.248 e. The van der Waals surface area contributed by atoms with Crippen molar-refractivity contribution in [2.45, 2.75) is 49.8 Å². The monoisotopic (exact) mass is 473 g/mol. The summed E-state index contributed by atoms with van der Waals surface area (Å²) >= 11 is 0. The van der Waals surface area contributed by atoms with Gasteiger partial charge in [0.2, 0.25) is 11.8 Å². The number of nitrogens with two attached hydrogens (primary N) is 1. The number of hydrazine groups is 1. The van der Waals surface area contributed by atoms with E-state index in [1.165, 1.54) is 18.9 Å². The predicted molar refractivity (Wildman–Crippen MR) is 134 cm³/mol. The Bertz CT molecular complexity index is 1160. The van der Waals surface area contributed by atoms with Crippen LogP contribution in [0.25, 0.3) is 0 Å². The molecule has 2 aromatic carbocycles. The van der Waals surface area contributed by atoms with Crippen LogP contribution in [0.1, 0.15) is 49.3 Å². The second-order valence-electron chi connectivity index (χ2n) is 9.24. The molecule has 2 heterocycles. The molecule has 182 valence electrons. The molecule has 35 heavy (non-hydrogen) atoms. The zero-order chi connectivity index (χ0) is 24.4. The van der Waals surface area contributed by atoms with Crippen LogP contribution in [0, 0.1) is 0 Å². The van der Waals surface area contributed by atoms with E-state index in [0.717, 1.165) is 42.0 Å². The summed E-state index contributed by atoms with van der Waals surface area (Å²) in [4.78, 5) is 24.9. The van der Waals surface area contributed by atoms with Crippen LogP contribution in [-0.2, 0) is 15.1 Å². The Hall–Kier alpha value is -3.78. The van der Waals surface area contributed by atoms with E-state index >= 15 is 0 Å². The van der Waals surface area contributed by atoms with Gasteiger partial charge in [0.15, 0.2) is 5.54 Å². The average Bonchev–Trinajstić information content (AvgIpc) is 3.53. The second-order valence-corrected chi connectivity index (χ2v) is 9.24. The van der Waals surface area contributed by atoms with Crippen LogP contribution in [0.5, 0.6) is 5.75 Å². The van der Waals surface area contributed by atoms with Crippen molar-refractivity contribution in [1.29, 1.82) is 0 Å². The standard InChI is InChI=1S/C27H31N5O3/c1-2-25(33)30-22-10-6-5-9-21(22)23-15-16-29-24-17-27(26(28)34,31-32(23)24)18-11-13-20(14-12-18)35-19-7-3-4-8-19/h2,5-6,9-14,17,19,23,29,31H,1,3-4,7-8,15-16H2,(H2,28,34)(H,30,33). The minimum atomic E-state index is -1.21. The van der Waals surface area contributed by atoms with Gasteiger partial charge in [0.05, 0.1) is 12.1 Å². The SMILES string of the molecule is C=CC(=O)Nc1ccccc1C1CCNC2=CC(C(N)=O)(c3ccc(OC4CCCC4)cc3)NN21. The topological polar surface area (TPSA) is 109 Å². The maximum absolute atomic E-state index is 12.9. The van der Waals surface area contributed by atoms with Crippen LogP contribution in [0.2, 0.25) is 0 Å². The molecule has 2 amide bonds. The molecule has 2 atom stereocenters. The Balaban J connectivity index is 1.43. The van der Waals surface area contributed by atoms with Gasteiger partial charge in [-0.1, -0.05) is 36.9 Å². The van der Waals surface area contributed by atoms with Gasteiger partial charge < -0.3 is 21.1 Å². The molecule has 3 aliphatic rings. The molecular weight excluding hydrogens is 442 g/mol. The van der Waals surface area contributed by atoms with Gasteiger partial charge >= 0.3 is 0 Å². The van der Waals surface area contributed by atoms with Crippen LogP contribution in [-0.4, -0.2) is 29.5 Å². The lowest BCUT2D eigenvalue weighted by Gasteiger charge is -2.39. The molecule has 2 unspecified atom stereocenters. The van der Waals surface area contributed by atoms with E-state index in [2.05, 4.69) is 22.6 Å². The molecule has 0 bridgehead atoms. The molecule has 0 aromatic heterocycles. The lowest BCUT2D eigenvalue weighted by Crippen LogP contribution is -2.55. The third-order valence-corrected chi connectivity index (χ3v) is 7.01. The van der Waals surface area contributed by atoms with Crippen molar-refractivity contribution in [3.63, 3.8) is 0 Å². The summed E-state index contributed by atoms with van der Waals surface area (Å²) < 4.78 is 6.09. The van der Waals surface area contributed by atoms with Crippen LogP contribution in [0.3, 0.4) is 0 Å². The summed E-state index contributed by atoms with van der Waals surface area (Å²) in [7, 11) is 0. The minimum Gasteiger partial charge on any atom is -0.490 e. The van der Waals surface area contributed by atoms with Gasteiger partial charge in [-0.15, -0.1) is 0 Å². The first-order valence-electron chi connectivity index (χ1n) is 12.1. The number of anilines is 1. The van der Waals surface area contributed by atoms with E-state index in [0.29, 0.717) is 12.2 Å². The van der Waals surface area contributed by atoms with E-state index in [-0.39, 0.29) is 18.1 Å². The highest BCUT2D eigenvalue weighted by molar-refractivity contribution is 5.99. The predicted octanol–water partition coefficient (Wildman–Crippen LogP) is 3.21. The molecule has 2 fully saturated rings. The number of amides is 2. The fourth-order valence-electron chi connectivity index (χ4n) is 5.20. The number of carbonyl (C=O) groups excluding carboxylic acids is 2. The van der Waals surface area contributed by atoms with Gasteiger partial charge in [0, 0.05) is 12.2 Å². The van der Waals surface area contributed by atoms with Crippen molar-refractivity contribution in [2.75, 3.05) is 11.9 Å². The van der Waals surface area contributed by atoms with Crippen molar-refractivity contribution in [3.8, 4) is 5.75 Å². The van der Waals surface area contributed by atoms with Crippen molar-refractivity contribution in [3.05, 3.63) is 84.2 Å². The van der Waals surface area contributed by atoms with E-state index in [1.807, 2.05) is 59.6 Å². The van der Waals surface area contributed by atoms with E-state index in [9.17, 15) is 9.59 Å². The lowest BCUT2D eigenvalue weighted by molar-refractivity contribution is -0.124. The minimum absolute atomic E-state index is 0.130. The number of fused-ring (bicyclic) bond motifs is 1. The zero-order valence-electron chi connectivity index (χ0n) is 19.6. The molecule has 1 saturated carbocycles. The Kier molecular flexibility index (Phi) is 6.21. The van der Waals surface area contributed by atoms with Gasteiger partial charge in [0.1, 0.15) is 11.6 Å². The van der Waals surface area contributed by atoms with E-state index in [4.69, 9.17) is 10.5 Å². The van der Waals surface area contributed by atoms with Crippen LogP contribution >= 0.6 is 0 Å². The molecule has 0 spiro atoms. The Morgan fingerprint density at radius 1 is 1.11 bits per heavy atom. The Labute approximate surface area is 205 Å². The molecule has 5 N–H and O–H groups in total. The normalized spacial score (nSPS) is 23.7. The Morgan fingerprint density at radius 2 is 1.86 bits per heavy atom. The highest BCUT2D eigenvalue weighted by Crippen LogP contribution is 2.40. The largest absolute Gasteiger partial charge is 0.490 e. The molecule has 0 radical (unpaired) electrons. The number of hydrogen-bond donors (Lipinski definition) is 4. The average molecular weight is 474 g/mol. The first kappa shape index (κ1) is 23.0. The zero-order valence-corrected chi connectivity index (χ0v) is 19.6. The number of nitrogens with zero attached hydrogens (tertiary/aromatic N) is 1. The number of rotatable bonds is 7. The molecule has 5 rings (SSSR count). The third-order valence-electron chi connectivity index (χ3n) is 7.01. The first-order chi connectivity index (χ1) is 17.0. The lowest BCUT2D eigenvalue weighted by atomic mass is 9.90. The summed E-state index contributed by atoms with van der Waals surface area (Å²) in [5, 5.41) is 8.21. The van der Waals surface area contributed by atoms with Crippen molar-refractivity contribution in [1.82, 2.24) is 15.8 Å². The quantitative estimate of drug-likeness (QED) is 0.460. The molecule has 1 aliphatic carbocycles. The highest BCUT2D eigenvalue weighted by atomic mass is 16.5. The van der Waals surface area contributed by atoms with Gasteiger partial charge in [0.25, 0.3) is 0 Å². The summed E-state index contributed by atoms with van der Waals surface area (Å²) in [6.45, 7) is 4.25. The van der Waals surface area contributed by atoms with Gasteiger partial charge in [-0.05, 0) is 73.6 Å². The number of carbonyl (C=O) groups is 2. The van der Waals surface area contributed by atoms with Crippen LogP contribution in [0.4, 0.5) is 5.69 Å². The van der Waals surface area contributed by atoms with Crippen molar-refractivity contribution >= 4 is 17.5 Å². The third kappa shape index (κ3) is 4.37. The van der Waals surface area contributed by atoms with Crippen LogP contribution in [0.15, 0.2) is 73.1 Å². The van der Waals surface area contributed by atoms with Crippen LogP contribution < -0.4 is 26.5 Å². The molecule has 2 aliphatic heterocycles. The number of nitrogens with one attached hydrogen (secondary N) is 3. The van der Waals surface area contributed by atoms with Gasteiger partial charge in [-0.3, -0.25) is 14.6 Å². The molecule has 8 heteroatoms. The fourth-order valence-corrected chi connectivity index (χ4v) is 5.20. The van der Waals surface area contributed by atoms with Crippen molar-refractivity contribution in [2.24, 2.45) is 5.73 Å². The molecular formula is C27H31N5O3. The van der Waals surface area contributed by atoms with Gasteiger partial charge in [-0.25, -0.2) is 5.43 Å².